The van der Waals surface area contributed by atoms with Gasteiger partial charge in [0, 0.05) is 5.56 Å². The third-order valence-corrected chi connectivity index (χ3v) is 3.90. The van der Waals surface area contributed by atoms with Crippen LogP contribution in [0.5, 0.6) is 5.75 Å². The van der Waals surface area contributed by atoms with Crippen LogP contribution in [0.15, 0.2) is 18.7 Å². The van der Waals surface area contributed by atoms with E-state index >= 15 is 0 Å². The fraction of sp³-hybridized carbons (Fsp3) is 0.375. The Morgan fingerprint density at radius 2 is 2.20 bits per heavy atom. The fourth-order valence-corrected chi connectivity index (χ4v) is 2.85. The average molecular weight is 274 g/mol. The Bertz CT molecular complexity index is 587. The summed E-state index contributed by atoms with van der Waals surface area (Å²) in [5.74, 6) is -1.42. The highest BCUT2D eigenvalue weighted by Crippen LogP contribution is 2.36. The number of benzene rings is 1. The topological polar surface area (TPSA) is 74.6 Å². The van der Waals surface area contributed by atoms with Crippen molar-refractivity contribution < 1.29 is 19.8 Å². The van der Waals surface area contributed by atoms with Crippen molar-refractivity contribution >= 4 is 11.8 Å². The molecule has 1 unspecified atom stereocenters. The number of phenols is 1. The Kier molecular flexibility index (Phi) is 3.93. The summed E-state index contributed by atoms with van der Waals surface area (Å²) in [6, 6.07) is 1.65. The van der Waals surface area contributed by atoms with Gasteiger partial charge in [0.2, 0.25) is 0 Å². The Hall–Kier alpha value is -2.10. The van der Waals surface area contributed by atoms with Crippen molar-refractivity contribution in [2.45, 2.75) is 32.6 Å². The van der Waals surface area contributed by atoms with Gasteiger partial charge in [0.15, 0.2) is 5.78 Å². The molecule has 1 aliphatic rings. The van der Waals surface area contributed by atoms with Gasteiger partial charge in [0.25, 0.3) is 0 Å². The van der Waals surface area contributed by atoms with Crippen LogP contribution in [0.25, 0.3) is 0 Å². The third-order valence-electron chi connectivity index (χ3n) is 3.90. The van der Waals surface area contributed by atoms with Crippen LogP contribution in [0.4, 0.5) is 0 Å². The second-order valence-electron chi connectivity index (χ2n) is 5.22. The van der Waals surface area contributed by atoms with Crippen molar-refractivity contribution in [3.05, 3.63) is 41.0 Å². The number of carboxylic acid groups (broad SMARTS) is 1. The smallest absolute Gasteiger partial charge is 0.306 e. The lowest BCUT2D eigenvalue weighted by molar-refractivity contribution is -0.142. The minimum Gasteiger partial charge on any atom is -0.507 e. The molecule has 0 radical (unpaired) electrons. The molecule has 1 atom stereocenters. The molecule has 2 N–H and O–H groups in total. The predicted molar refractivity (Wildman–Crippen MR) is 75.2 cm³/mol. The largest absolute Gasteiger partial charge is 0.507 e. The van der Waals surface area contributed by atoms with E-state index in [4.69, 9.17) is 5.11 Å². The molecule has 20 heavy (non-hydrogen) atoms. The maximum Gasteiger partial charge on any atom is 0.306 e. The highest BCUT2D eigenvalue weighted by Gasteiger charge is 2.28. The Morgan fingerprint density at radius 1 is 1.50 bits per heavy atom. The number of carbonyl (C=O) groups excluding carboxylic acids is 1. The summed E-state index contributed by atoms with van der Waals surface area (Å²) in [6.07, 6.45) is 3.75. The van der Waals surface area contributed by atoms with Crippen molar-refractivity contribution in [3.8, 4) is 5.75 Å². The Balaban J connectivity index is 2.56. The molecule has 0 saturated carbocycles. The van der Waals surface area contributed by atoms with Gasteiger partial charge in [-0.15, -0.1) is 6.58 Å². The van der Waals surface area contributed by atoms with Crippen LogP contribution in [0.1, 0.15) is 40.4 Å². The molecule has 0 aromatic heterocycles. The summed E-state index contributed by atoms with van der Waals surface area (Å²) in [4.78, 5) is 22.7. The van der Waals surface area contributed by atoms with E-state index < -0.39 is 11.9 Å². The highest BCUT2D eigenvalue weighted by atomic mass is 16.4. The van der Waals surface area contributed by atoms with Crippen LogP contribution in [0, 0.1) is 5.92 Å². The normalized spacial score (nSPS) is 17.4. The zero-order valence-electron chi connectivity index (χ0n) is 11.5. The van der Waals surface area contributed by atoms with Crippen LogP contribution in [-0.2, 0) is 24.1 Å². The number of hydrogen-bond donors (Lipinski definition) is 2. The SMILES string of the molecule is C=CCc1c(O)c(C(C)=O)cc2c1CCC(C(=O)O)C2. The van der Waals surface area contributed by atoms with Crippen LogP contribution >= 0.6 is 0 Å². The molecule has 0 fully saturated rings. The molecular formula is C16H18O4. The summed E-state index contributed by atoms with van der Waals surface area (Å²) in [6.45, 7) is 5.07. The summed E-state index contributed by atoms with van der Waals surface area (Å²) in [5.41, 5.74) is 2.83. The third kappa shape index (κ3) is 2.46. The molecule has 4 nitrogen and oxygen atoms in total. The molecule has 1 aromatic rings. The van der Waals surface area contributed by atoms with E-state index in [0.717, 1.165) is 11.1 Å². The highest BCUT2D eigenvalue weighted by molar-refractivity contribution is 5.97. The lowest BCUT2D eigenvalue weighted by Gasteiger charge is -2.25. The van der Waals surface area contributed by atoms with Gasteiger partial charge >= 0.3 is 5.97 Å². The number of hydrogen-bond acceptors (Lipinski definition) is 3. The Labute approximate surface area is 117 Å². The summed E-state index contributed by atoms with van der Waals surface area (Å²) >= 11 is 0. The lowest BCUT2D eigenvalue weighted by Crippen LogP contribution is -2.23. The summed E-state index contributed by atoms with van der Waals surface area (Å²) in [7, 11) is 0. The van der Waals surface area contributed by atoms with Crippen molar-refractivity contribution in [2.24, 2.45) is 5.92 Å². The first-order chi connectivity index (χ1) is 9.45. The number of fused-ring (bicyclic) bond motifs is 1. The van der Waals surface area contributed by atoms with Gasteiger partial charge in [0.05, 0.1) is 11.5 Å². The molecule has 0 amide bonds. The lowest BCUT2D eigenvalue weighted by atomic mass is 9.79. The second kappa shape index (κ2) is 5.49. The molecule has 0 aliphatic heterocycles. The maximum atomic E-state index is 11.6. The monoisotopic (exact) mass is 274 g/mol. The number of Topliss-reactive ketones (excluding diaryl/α,β-unsaturated/α-hetero) is 1. The van der Waals surface area contributed by atoms with E-state index in [2.05, 4.69) is 6.58 Å². The van der Waals surface area contributed by atoms with Crippen LogP contribution < -0.4 is 0 Å². The van der Waals surface area contributed by atoms with E-state index in [1.165, 1.54) is 6.92 Å². The first kappa shape index (κ1) is 14.3. The maximum absolute atomic E-state index is 11.6. The van der Waals surface area contributed by atoms with E-state index in [0.29, 0.717) is 31.2 Å². The predicted octanol–water partition coefficient (Wildman–Crippen LogP) is 2.51. The number of phenolic OH excluding ortho intramolecular Hbond substituents is 1. The van der Waals surface area contributed by atoms with Crippen LogP contribution in [0.2, 0.25) is 0 Å². The molecule has 0 bridgehead atoms. The van der Waals surface area contributed by atoms with E-state index in [9.17, 15) is 14.7 Å². The minimum absolute atomic E-state index is 0.0184. The molecule has 2 rings (SSSR count). The summed E-state index contributed by atoms with van der Waals surface area (Å²) < 4.78 is 0. The van der Waals surface area contributed by atoms with E-state index in [-0.39, 0.29) is 17.1 Å². The van der Waals surface area contributed by atoms with Gasteiger partial charge in [-0.05, 0) is 49.8 Å². The molecule has 4 heteroatoms. The molecule has 0 spiro atoms. The number of rotatable bonds is 4. The Morgan fingerprint density at radius 3 is 2.75 bits per heavy atom. The average Bonchev–Trinajstić information content (AvgIpc) is 2.40. The van der Waals surface area contributed by atoms with Gasteiger partial charge in [-0.2, -0.15) is 0 Å². The van der Waals surface area contributed by atoms with Crippen molar-refractivity contribution in [1.29, 1.82) is 0 Å². The van der Waals surface area contributed by atoms with Crippen LogP contribution in [-0.4, -0.2) is 22.0 Å². The summed E-state index contributed by atoms with van der Waals surface area (Å²) in [5, 5.41) is 19.4. The van der Waals surface area contributed by atoms with Gasteiger partial charge in [-0.3, -0.25) is 9.59 Å². The fourth-order valence-electron chi connectivity index (χ4n) is 2.85. The van der Waals surface area contributed by atoms with Gasteiger partial charge < -0.3 is 10.2 Å². The molecule has 106 valence electrons. The van der Waals surface area contributed by atoms with Crippen LogP contribution in [0.3, 0.4) is 0 Å². The number of ketones is 1. The molecule has 1 aliphatic carbocycles. The van der Waals surface area contributed by atoms with Gasteiger partial charge in [-0.25, -0.2) is 0 Å². The molecule has 1 aromatic carbocycles. The van der Waals surface area contributed by atoms with Crippen molar-refractivity contribution in [3.63, 3.8) is 0 Å². The number of aliphatic carboxylic acids is 1. The van der Waals surface area contributed by atoms with Gasteiger partial charge in [-0.1, -0.05) is 6.08 Å². The quantitative estimate of drug-likeness (QED) is 0.653. The van der Waals surface area contributed by atoms with E-state index in [1.54, 1.807) is 12.1 Å². The zero-order chi connectivity index (χ0) is 14.9. The first-order valence-electron chi connectivity index (χ1n) is 6.67. The number of aromatic hydroxyl groups is 1. The standard InChI is InChI=1S/C16H18O4/c1-3-4-13-12-6-5-10(16(19)20)7-11(12)8-14(9(2)17)15(13)18/h3,8,10,18H,1,4-7H2,2H3,(H,19,20). The first-order valence-corrected chi connectivity index (χ1v) is 6.67. The van der Waals surface area contributed by atoms with Crippen molar-refractivity contribution in [1.82, 2.24) is 0 Å². The number of allylic oxidation sites excluding steroid dienone is 1. The zero-order valence-corrected chi connectivity index (χ0v) is 11.5. The van der Waals surface area contributed by atoms with E-state index in [1.807, 2.05) is 0 Å². The number of carboxylic acids is 1. The van der Waals surface area contributed by atoms with Gasteiger partial charge in [0.1, 0.15) is 5.75 Å². The molecular weight excluding hydrogens is 256 g/mol. The molecule has 0 saturated heterocycles. The van der Waals surface area contributed by atoms with Crippen molar-refractivity contribution in [2.75, 3.05) is 0 Å². The minimum atomic E-state index is -0.807. The number of carbonyl (C=O) groups is 2. The molecule has 0 heterocycles. The second-order valence-corrected chi connectivity index (χ2v) is 5.22.